The van der Waals surface area contributed by atoms with E-state index in [-0.39, 0.29) is 63.2 Å². The molecule has 0 saturated carbocycles. The quantitative estimate of drug-likeness (QED) is 0.0300. The van der Waals surface area contributed by atoms with E-state index in [1.807, 2.05) is 0 Å². The Morgan fingerprint density at radius 2 is 0.932 bits per heavy atom. The summed E-state index contributed by atoms with van der Waals surface area (Å²) in [7, 11) is 0. The van der Waals surface area contributed by atoms with Crippen molar-refractivity contribution in [1.82, 2.24) is 37.2 Å². The van der Waals surface area contributed by atoms with Crippen molar-refractivity contribution >= 4 is 71.1 Å². The van der Waals surface area contributed by atoms with Crippen molar-refractivity contribution in [3.05, 3.63) is 29.8 Å². The number of nitrogens with one attached hydrogen (secondary N) is 7. The molecule has 9 atom stereocenters. The lowest BCUT2D eigenvalue weighted by Crippen LogP contribution is -2.61. The predicted molar refractivity (Wildman–Crippen MR) is 263 cm³/mol. The molecule has 19 N–H and O–H groups in total. The monoisotopic (exact) mass is 1050 g/mol. The average Bonchev–Trinajstić information content (AvgIpc) is 3.32. The summed E-state index contributed by atoms with van der Waals surface area (Å²) in [6.45, 7) is 6.89. The number of phenols is 1. The molecule has 27 heteroatoms. The van der Waals surface area contributed by atoms with E-state index in [2.05, 4.69) is 37.2 Å². The van der Waals surface area contributed by atoms with Gasteiger partial charge in [-0.05, 0) is 87.4 Å². The van der Waals surface area contributed by atoms with Gasteiger partial charge in [0.2, 0.25) is 53.2 Å². The molecule has 1 rings (SSSR count). The van der Waals surface area contributed by atoms with Gasteiger partial charge in [-0.1, -0.05) is 46.2 Å². The van der Waals surface area contributed by atoms with E-state index in [0.717, 1.165) is 0 Å². The number of benzene rings is 1. The number of carbonyl (C=O) groups is 12. The molecule has 27 nitrogen and oxygen atoms in total. The Balaban J connectivity index is 3.64. The van der Waals surface area contributed by atoms with Crippen molar-refractivity contribution in [2.45, 2.75) is 166 Å². The predicted octanol–water partition coefficient (Wildman–Crippen LogP) is -2.78. The molecule has 414 valence electrons. The minimum atomic E-state index is -1.68. The second-order valence-electron chi connectivity index (χ2n) is 18.3. The maximum absolute atomic E-state index is 14.3. The summed E-state index contributed by atoms with van der Waals surface area (Å²) in [5, 5.41) is 55.4. The molecule has 1 aromatic carbocycles. The van der Waals surface area contributed by atoms with Gasteiger partial charge < -0.3 is 80.6 Å². The van der Waals surface area contributed by atoms with Crippen LogP contribution < -0.4 is 60.2 Å². The number of unbranched alkanes of at least 4 members (excludes halogenated alkanes) is 1. The first-order valence-electron chi connectivity index (χ1n) is 24.3. The van der Waals surface area contributed by atoms with Crippen LogP contribution >= 0.6 is 0 Å². The van der Waals surface area contributed by atoms with Crippen molar-refractivity contribution in [2.75, 3.05) is 6.54 Å². The maximum Gasteiger partial charge on any atom is 0.326 e. The van der Waals surface area contributed by atoms with Gasteiger partial charge >= 0.3 is 17.9 Å². The van der Waals surface area contributed by atoms with Gasteiger partial charge in [-0.25, -0.2) is 4.79 Å². The largest absolute Gasteiger partial charge is 0.508 e. The summed E-state index contributed by atoms with van der Waals surface area (Å²) in [4.78, 5) is 155. The summed E-state index contributed by atoms with van der Waals surface area (Å²) < 4.78 is 0. The van der Waals surface area contributed by atoms with Crippen LogP contribution in [0.4, 0.5) is 0 Å². The molecule has 0 radical (unpaired) electrons. The van der Waals surface area contributed by atoms with Crippen molar-refractivity contribution in [3.8, 4) is 5.75 Å². The van der Waals surface area contributed by atoms with Gasteiger partial charge in [0.05, 0.1) is 6.04 Å². The lowest BCUT2D eigenvalue weighted by atomic mass is 9.96. The number of rotatable bonds is 37. The van der Waals surface area contributed by atoms with E-state index in [1.54, 1.807) is 27.7 Å². The number of phenolic OH excluding ortho intramolecular Hbond substituents is 1. The van der Waals surface area contributed by atoms with Crippen molar-refractivity contribution < 1.29 is 78.0 Å². The smallest absolute Gasteiger partial charge is 0.326 e. The van der Waals surface area contributed by atoms with Crippen LogP contribution in [0.15, 0.2) is 24.3 Å². The van der Waals surface area contributed by atoms with E-state index in [1.165, 1.54) is 24.3 Å². The summed E-state index contributed by atoms with van der Waals surface area (Å²) in [5.41, 5.74) is 22.6. The Kier molecular flexibility index (Phi) is 29.1. The number of hydrogen-bond acceptors (Lipinski definition) is 15. The van der Waals surface area contributed by atoms with Gasteiger partial charge in [-0.3, -0.25) is 52.7 Å². The topological polar surface area (TPSA) is 474 Å². The Labute approximate surface area is 428 Å². The van der Waals surface area contributed by atoms with Gasteiger partial charge in [-0.15, -0.1) is 0 Å². The van der Waals surface area contributed by atoms with Crippen LogP contribution in [0.3, 0.4) is 0 Å². The molecule has 0 spiro atoms. The highest BCUT2D eigenvalue weighted by atomic mass is 16.4. The normalized spacial score (nSPS) is 14.7. The third kappa shape index (κ3) is 25.3. The molecule has 0 aliphatic carbocycles. The number of carbonyl (C=O) groups excluding carboxylic acids is 9. The number of aromatic hydroxyl groups is 1. The van der Waals surface area contributed by atoms with Gasteiger partial charge in [0, 0.05) is 32.1 Å². The molecule has 0 aromatic heterocycles. The number of carboxylic acids is 3. The minimum absolute atomic E-state index is 0.0173. The molecule has 1 aromatic rings. The van der Waals surface area contributed by atoms with Crippen LogP contribution in [0.2, 0.25) is 0 Å². The molecule has 0 aliphatic rings. The third-order valence-electron chi connectivity index (χ3n) is 11.6. The highest BCUT2D eigenvalue weighted by Gasteiger charge is 2.36. The lowest BCUT2D eigenvalue weighted by Gasteiger charge is -2.29. The molecular formula is C47H75N11O16. The van der Waals surface area contributed by atoms with E-state index in [0.29, 0.717) is 18.4 Å². The second-order valence-corrected chi connectivity index (χ2v) is 18.3. The van der Waals surface area contributed by atoms with Crippen molar-refractivity contribution in [3.63, 3.8) is 0 Å². The van der Waals surface area contributed by atoms with Crippen molar-refractivity contribution in [2.24, 2.45) is 34.8 Å². The maximum atomic E-state index is 14.3. The number of primary amides is 2. The highest BCUT2D eigenvalue weighted by molar-refractivity contribution is 5.98. The zero-order chi connectivity index (χ0) is 56.2. The van der Waals surface area contributed by atoms with Crippen LogP contribution in [-0.2, 0) is 64.0 Å². The molecule has 0 aliphatic heterocycles. The fraction of sp³-hybridized carbons (Fsp3) is 0.617. The summed E-state index contributed by atoms with van der Waals surface area (Å²) in [5.74, 6) is -13.6. The lowest BCUT2D eigenvalue weighted by molar-refractivity contribution is -0.143. The van der Waals surface area contributed by atoms with Gasteiger partial charge in [0.15, 0.2) is 0 Å². The fourth-order valence-electron chi connectivity index (χ4n) is 7.17. The first-order chi connectivity index (χ1) is 34.7. The summed E-state index contributed by atoms with van der Waals surface area (Å²) in [6.07, 6.45) is -3.14. The summed E-state index contributed by atoms with van der Waals surface area (Å²) in [6, 6.07) is -6.41. The molecule has 0 bridgehead atoms. The Hall–Kier alpha value is -7.42. The standard InChI is InChI=1S/C47H75N11O16/c1-5-25(4)39(58-40(66)28(49)13-19-37(62)63)46(72)54-31(16-20-38(64)65)43(69)53-30(14-17-35(50)60)42(68)52-29(8-6-7-21-48)41(67)57-34(23-26-9-11-27(59)12-10-26)45(71)56-33(22-24(2)3)44(70)55-32(47(73)74)15-18-36(51)61/h9-12,24-25,28-34,39,59H,5-8,13-23,48-49H2,1-4H3,(H2,50,60)(H2,51,61)(H,52,68)(H,53,69)(H,54,72)(H,55,70)(H,56,71)(H,57,67)(H,58,66)(H,62,63)(H,64,65)(H,73,74)/t25-,28-,29-,30-,31-,32-,33-,34-,39-/m0/s1. The molecule has 0 fully saturated rings. The van der Waals surface area contributed by atoms with Crippen molar-refractivity contribution in [1.29, 1.82) is 0 Å². The van der Waals surface area contributed by atoms with Gasteiger partial charge in [-0.2, -0.15) is 0 Å². The van der Waals surface area contributed by atoms with Crippen LogP contribution in [0.25, 0.3) is 0 Å². The van der Waals surface area contributed by atoms with Crippen LogP contribution in [0, 0.1) is 11.8 Å². The van der Waals surface area contributed by atoms with Crippen LogP contribution in [-0.4, -0.2) is 146 Å². The Bertz CT molecular complexity index is 2110. The Morgan fingerprint density at radius 3 is 1.41 bits per heavy atom. The molecule has 9 amide bonds. The first-order valence-corrected chi connectivity index (χ1v) is 24.3. The van der Waals surface area contributed by atoms with Gasteiger partial charge in [0.25, 0.3) is 0 Å². The van der Waals surface area contributed by atoms with E-state index in [4.69, 9.17) is 28.0 Å². The average molecular weight is 1050 g/mol. The van der Waals surface area contributed by atoms with Crippen LogP contribution in [0.1, 0.15) is 117 Å². The number of hydrogen-bond donors (Lipinski definition) is 15. The molecule has 0 saturated heterocycles. The Morgan fingerprint density at radius 1 is 0.514 bits per heavy atom. The summed E-state index contributed by atoms with van der Waals surface area (Å²) >= 11 is 0. The molecule has 0 unspecified atom stereocenters. The fourth-order valence-corrected chi connectivity index (χ4v) is 7.17. The van der Waals surface area contributed by atoms with E-state index >= 15 is 0 Å². The zero-order valence-electron chi connectivity index (χ0n) is 42.2. The van der Waals surface area contributed by atoms with Crippen LogP contribution in [0.5, 0.6) is 5.75 Å². The zero-order valence-corrected chi connectivity index (χ0v) is 42.2. The van der Waals surface area contributed by atoms with Gasteiger partial charge in [0.1, 0.15) is 48.0 Å². The second kappa shape index (κ2) is 33.3. The number of amides is 9. The van der Waals surface area contributed by atoms with E-state index < -0.39 is 157 Å². The number of nitrogens with two attached hydrogens (primary N) is 4. The highest BCUT2D eigenvalue weighted by Crippen LogP contribution is 2.15. The molecular weight excluding hydrogens is 975 g/mol. The molecule has 74 heavy (non-hydrogen) atoms. The van der Waals surface area contributed by atoms with E-state index in [9.17, 15) is 72.9 Å². The molecule has 0 heterocycles. The minimum Gasteiger partial charge on any atom is -0.508 e. The number of carboxylic acid groups (broad SMARTS) is 3. The third-order valence-corrected chi connectivity index (χ3v) is 11.6. The number of aliphatic carboxylic acids is 3. The first kappa shape index (κ1) is 64.6. The SMILES string of the molecule is CC[C@H](C)[C@H](NC(=O)[C@@H](N)CCC(=O)O)C(=O)N[C@@H](CCC(=O)O)C(=O)N[C@@H](CCC(N)=O)C(=O)N[C@@H](CCCCN)C(=O)N[C@@H](Cc1ccc(O)cc1)C(=O)N[C@@H](CC(C)C)C(=O)N[C@@H](CCC(N)=O)C(=O)O.